The van der Waals surface area contributed by atoms with E-state index in [4.69, 9.17) is 4.42 Å². The number of carbonyl (C=O) groups is 2. The fraction of sp³-hybridized carbons (Fsp3) is 0.412. The molecule has 6 heteroatoms. The van der Waals surface area contributed by atoms with Crippen LogP contribution in [0.15, 0.2) is 28.8 Å². The summed E-state index contributed by atoms with van der Waals surface area (Å²) in [6, 6.07) is 5.29. The van der Waals surface area contributed by atoms with E-state index >= 15 is 0 Å². The van der Waals surface area contributed by atoms with Crippen LogP contribution < -0.4 is 0 Å². The molecule has 2 aromatic rings. The van der Waals surface area contributed by atoms with Gasteiger partial charge in [-0.05, 0) is 31.9 Å². The molecule has 0 aliphatic carbocycles. The minimum atomic E-state index is -0.216. The molecule has 1 unspecified atom stereocenters. The lowest BCUT2D eigenvalue weighted by molar-refractivity contribution is 0.0607. The van der Waals surface area contributed by atoms with Crippen LogP contribution in [0.1, 0.15) is 45.5 Å². The highest BCUT2D eigenvalue weighted by Crippen LogP contribution is 2.23. The van der Waals surface area contributed by atoms with Gasteiger partial charge in [-0.25, -0.2) is 4.98 Å². The lowest BCUT2D eigenvalue weighted by Crippen LogP contribution is -2.42. The monoisotopic (exact) mass is 313 g/mol. The Labute approximate surface area is 134 Å². The standard InChI is InChI=1S/C17H19N3O3/c1-11-16(23-12(2)19-11)17(22)20-9-5-6-13(10-20)15(21)14-7-3-4-8-18-14/h3-4,7-8,13H,5-6,9-10H2,1-2H3. The molecule has 6 nitrogen and oxygen atoms in total. The first-order valence-electron chi connectivity index (χ1n) is 7.75. The first kappa shape index (κ1) is 15.4. The summed E-state index contributed by atoms with van der Waals surface area (Å²) >= 11 is 0. The van der Waals surface area contributed by atoms with Crippen LogP contribution in [0.5, 0.6) is 0 Å². The van der Waals surface area contributed by atoms with Crippen molar-refractivity contribution in [3.8, 4) is 0 Å². The largest absolute Gasteiger partial charge is 0.436 e. The number of likely N-dealkylation sites (tertiary alicyclic amines) is 1. The molecule has 3 heterocycles. The molecule has 0 spiro atoms. The molecule has 0 aromatic carbocycles. The number of piperidine rings is 1. The summed E-state index contributed by atoms with van der Waals surface area (Å²) in [5, 5.41) is 0. The maximum atomic E-state index is 12.6. The smallest absolute Gasteiger partial charge is 0.291 e. The normalized spacial score (nSPS) is 18.0. The molecular weight excluding hydrogens is 294 g/mol. The predicted molar refractivity (Wildman–Crippen MR) is 83.2 cm³/mol. The van der Waals surface area contributed by atoms with Gasteiger partial charge in [0.25, 0.3) is 5.91 Å². The number of nitrogens with zero attached hydrogens (tertiary/aromatic N) is 3. The number of carbonyl (C=O) groups excluding carboxylic acids is 2. The molecule has 1 saturated heterocycles. The summed E-state index contributed by atoms with van der Waals surface area (Å²) in [5.74, 6) is 0.333. The van der Waals surface area contributed by atoms with Crippen molar-refractivity contribution in [2.24, 2.45) is 5.92 Å². The average molecular weight is 313 g/mol. The van der Waals surface area contributed by atoms with Crippen molar-refractivity contribution in [3.63, 3.8) is 0 Å². The fourth-order valence-electron chi connectivity index (χ4n) is 2.97. The first-order valence-corrected chi connectivity index (χ1v) is 7.75. The zero-order chi connectivity index (χ0) is 16.4. The molecule has 1 aliphatic heterocycles. The average Bonchev–Trinajstić information content (AvgIpc) is 2.93. The summed E-state index contributed by atoms with van der Waals surface area (Å²) < 4.78 is 5.41. The Bertz CT molecular complexity index is 724. The second kappa shape index (κ2) is 6.32. The van der Waals surface area contributed by atoms with Gasteiger partial charge in [0.05, 0.1) is 5.69 Å². The van der Waals surface area contributed by atoms with Gasteiger partial charge in [0.15, 0.2) is 11.7 Å². The van der Waals surface area contributed by atoms with Gasteiger partial charge in [-0.2, -0.15) is 0 Å². The van der Waals surface area contributed by atoms with Crippen LogP contribution in [0.2, 0.25) is 0 Å². The van der Waals surface area contributed by atoms with Gasteiger partial charge < -0.3 is 9.32 Å². The Morgan fingerprint density at radius 2 is 2.13 bits per heavy atom. The molecule has 0 radical (unpaired) electrons. The molecule has 3 rings (SSSR count). The Balaban J connectivity index is 1.74. The molecule has 1 atom stereocenters. The van der Waals surface area contributed by atoms with E-state index in [9.17, 15) is 9.59 Å². The van der Waals surface area contributed by atoms with Gasteiger partial charge in [-0.15, -0.1) is 0 Å². The van der Waals surface area contributed by atoms with Crippen LogP contribution in [-0.4, -0.2) is 39.6 Å². The highest BCUT2D eigenvalue weighted by atomic mass is 16.4. The van der Waals surface area contributed by atoms with Gasteiger partial charge in [0.2, 0.25) is 5.76 Å². The van der Waals surface area contributed by atoms with Gasteiger partial charge in [-0.3, -0.25) is 14.6 Å². The van der Waals surface area contributed by atoms with E-state index in [-0.39, 0.29) is 23.4 Å². The van der Waals surface area contributed by atoms with Crippen LogP contribution in [0, 0.1) is 19.8 Å². The fourth-order valence-corrected chi connectivity index (χ4v) is 2.97. The van der Waals surface area contributed by atoms with E-state index in [0.717, 1.165) is 12.8 Å². The van der Waals surface area contributed by atoms with Crippen LogP contribution in [0.3, 0.4) is 0 Å². The summed E-state index contributed by atoms with van der Waals surface area (Å²) in [6.07, 6.45) is 3.17. The number of aryl methyl sites for hydroxylation is 2. The van der Waals surface area contributed by atoms with Gasteiger partial charge in [-0.1, -0.05) is 6.07 Å². The molecular formula is C17H19N3O3. The summed E-state index contributed by atoms with van der Waals surface area (Å²) in [6.45, 7) is 4.50. The van der Waals surface area contributed by atoms with Crippen molar-refractivity contribution in [3.05, 3.63) is 47.4 Å². The zero-order valence-corrected chi connectivity index (χ0v) is 13.3. The van der Waals surface area contributed by atoms with Crippen LogP contribution in [0.25, 0.3) is 0 Å². The second-order valence-corrected chi connectivity index (χ2v) is 5.82. The Hall–Kier alpha value is -2.50. The number of ketones is 1. The van der Waals surface area contributed by atoms with E-state index < -0.39 is 0 Å². The molecule has 2 aromatic heterocycles. The number of rotatable bonds is 3. The number of aromatic nitrogens is 2. The van der Waals surface area contributed by atoms with E-state index in [1.807, 2.05) is 0 Å². The van der Waals surface area contributed by atoms with E-state index in [1.54, 1.807) is 43.1 Å². The van der Waals surface area contributed by atoms with Gasteiger partial charge >= 0.3 is 0 Å². The Kier molecular flexibility index (Phi) is 4.23. The number of pyridine rings is 1. The maximum absolute atomic E-state index is 12.6. The van der Waals surface area contributed by atoms with Crippen molar-refractivity contribution < 1.29 is 14.0 Å². The molecule has 1 amide bonds. The number of hydrogen-bond donors (Lipinski definition) is 0. The zero-order valence-electron chi connectivity index (χ0n) is 13.3. The van der Waals surface area contributed by atoms with E-state index in [1.165, 1.54) is 0 Å². The summed E-state index contributed by atoms with van der Waals surface area (Å²) in [4.78, 5) is 35.1. The molecule has 23 heavy (non-hydrogen) atoms. The quantitative estimate of drug-likeness (QED) is 0.813. The van der Waals surface area contributed by atoms with E-state index in [0.29, 0.717) is 30.4 Å². The highest BCUT2D eigenvalue weighted by molar-refractivity contribution is 5.97. The van der Waals surface area contributed by atoms with Crippen molar-refractivity contribution in [1.82, 2.24) is 14.9 Å². The molecule has 0 saturated carbocycles. The van der Waals surface area contributed by atoms with Crippen molar-refractivity contribution in [2.75, 3.05) is 13.1 Å². The third kappa shape index (κ3) is 3.16. The number of amides is 1. The van der Waals surface area contributed by atoms with Crippen LogP contribution in [-0.2, 0) is 0 Å². The SMILES string of the molecule is Cc1nc(C)c(C(=O)N2CCCC(C(=O)c3ccccn3)C2)o1. The third-order valence-electron chi connectivity index (χ3n) is 4.09. The minimum Gasteiger partial charge on any atom is -0.436 e. The van der Waals surface area contributed by atoms with E-state index in [2.05, 4.69) is 9.97 Å². The lowest BCUT2D eigenvalue weighted by atomic mass is 9.91. The number of hydrogen-bond acceptors (Lipinski definition) is 5. The number of oxazole rings is 1. The molecule has 0 N–H and O–H groups in total. The molecule has 120 valence electrons. The molecule has 0 bridgehead atoms. The van der Waals surface area contributed by atoms with Crippen LogP contribution >= 0.6 is 0 Å². The number of Topliss-reactive ketones (excluding diaryl/α,β-unsaturated/α-hetero) is 1. The lowest BCUT2D eigenvalue weighted by Gasteiger charge is -2.31. The Morgan fingerprint density at radius 1 is 1.30 bits per heavy atom. The van der Waals surface area contributed by atoms with Gasteiger partial charge in [0, 0.05) is 32.1 Å². The van der Waals surface area contributed by atoms with Crippen molar-refractivity contribution in [1.29, 1.82) is 0 Å². The molecule has 1 aliphatic rings. The topological polar surface area (TPSA) is 76.3 Å². The highest BCUT2D eigenvalue weighted by Gasteiger charge is 2.32. The minimum absolute atomic E-state index is 0.00595. The van der Waals surface area contributed by atoms with Crippen LogP contribution in [0.4, 0.5) is 0 Å². The summed E-state index contributed by atoms with van der Waals surface area (Å²) in [5.41, 5.74) is 1.05. The maximum Gasteiger partial charge on any atom is 0.291 e. The van der Waals surface area contributed by atoms with Crippen molar-refractivity contribution in [2.45, 2.75) is 26.7 Å². The van der Waals surface area contributed by atoms with Gasteiger partial charge in [0.1, 0.15) is 5.69 Å². The second-order valence-electron chi connectivity index (χ2n) is 5.82. The molecule has 1 fully saturated rings. The first-order chi connectivity index (χ1) is 11.1. The van der Waals surface area contributed by atoms with Crippen molar-refractivity contribution >= 4 is 11.7 Å². The summed E-state index contributed by atoms with van der Waals surface area (Å²) in [7, 11) is 0. The Morgan fingerprint density at radius 3 is 2.78 bits per heavy atom. The third-order valence-corrected chi connectivity index (χ3v) is 4.09. The predicted octanol–water partition coefficient (Wildman–Crippen LogP) is 2.42.